The zero-order chi connectivity index (χ0) is 16.8. The van der Waals surface area contributed by atoms with Crippen LogP contribution < -0.4 is 15.8 Å². The first-order chi connectivity index (χ1) is 11.0. The molecule has 0 bridgehead atoms. The maximum absolute atomic E-state index is 9.11. The molecule has 2 heterocycles. The summed E-state index contributed by atoms with van der Waals surface area (Å²) in [4.78, 5) is 8.18. The molecule has 2 aromatic rings. The Morgan fingerprint density at radius 3 is 2.87 bits per heavy atom. The number of hydrogen-bond donors (Lipinski definition) is 3. The molecule has 0 saturated heterocycles. The number of anilines is 2. The van der Waals surface area contributed by atoms with Crippen LogP contribution in [0.25, 0.3) is 0 Å². The first-order valence-corrected chi connectivity index (χ1v) is 7.65. The number of nitrogens with zero attached hydrogens (tertiary/aromatic N) is 4. The van der Waals surface area contributed by atoms with E-state index in [1.807, 2.05) is 27.0 Å². The molecule has 0 unspecified atom stereocenters. The summed E-state index contributed by atoms with van der Waals surface area (Å²) in [6.07, 6.45) is 3.02. The van der Waals surface area contributed by atoms with Crippen LogP contribution in [0.4, 0.5) is 11.8 Å². The molecule has 2 aromatic heterocycles. The van der Waals surface area contributed by atoms with E-state index in [1.54, 1.807) is 10.9 Å². The summed E-state index contributed by atoms with van der Waals surface area (Å²) in [6, 6.07) is 2.06. The summed E-state index contributed by atoms with van der Waals surface area (Å²) in [5, 5.41) is 16.7. The van der Waals surface area contributed by atoms with Crippen LogP contribution in [0, 0.1) is 6.92 Å². The lowest BCUT2D eigenvalue weighted by Crippen LogP contribution is -2.21. The van der Waals surface area contributed by atoms with Gasteiger partial charge >= 0.3 is 0 Å². The van der Waals surface area contributed by atoms with Gasteiger partial charge in [0, 0.05) is 25.4 Å². The first-order valence-electron chi connectivity index (χ1n) is 7.65. The highest BCUT2D eigenvalue weighted by molar-refractivity contribution is 5.51. The van der Waals surface area contributed by atoms with Gasteiger partial charge in [0.1, 0.15) is 12.3 Å². The molecule has 4 N–H and O–H groups in total. The van der Waals surface area contributed by atoms with Crippen molar-refractivity contribution in [2.24, 2.45) is 7.05 Å². The van der Waals surface area contributed by atoms with Gasteiger partial charge in [-0.1, -0.05) is 6.92 Å². The molecule has 126 valence electrons. The Morgan fingerprint density at radius 1 is 1.48 bits per heavy atom. The molecule has 23 heavy (non-hydrogen) atoms. The number of aliphatic hydroxyl groups is 1. The van der Waals surface area contributed by atoms with Crippen LogP contribution in [0.2, 0.25) is 0 Å². The second-order valence-corrected chi connectivity index (χ2v) is 5.39. The highest BCUT2D eigenvalue weighted by Crippen LogP contribution is 2.24. The van der Waals surface area contributed by atoms with Gasteiger partial charge in [0.2, 0.25) is 5.95 Å². The predicted molar refractivity (Wildman–Crippen MR) is 88.1 cm³/mol. The van der Waals surface area contributed by atoms with Gasteiger partial charge in [0.25, 0.3) is 0 Å². The average molecular weight is 320 g/mol. The topological polar surface area (TPSA) is 111 Å². The molecule has 0 fully saturated rings. The average Bonchev–Trinajstić information content (AvgIpc) is 2.84. The number of nitrogen functional groups attached to an aromatic ring is 1. The lowest BCUT2D eigenvalue weighted by molar-refractivity contribution is 0.277. The van der Waals surface area contributed by atoms with Gasteiger partial charge in [0.05, 0.1) is 6.20 Å². The maximum atomic E-state index is 9.11. The Hall–Kier alpha value is -2.35. The van der Waals surface area contributed by atoms with Crippen molar-refractivity contribution >= 4 is 11.8 Å². The van der Waals surface area contributed by atoms with E-state index in [9.17, 15) is 0 Å². The Bertz CT molecular complexity index is 623. The largest absolute Gasteiger partial charge is 0.482 e. The van der Waals surface area contributed by atoms with E-state index in [1.165, 1.54) is 0 Å². The molecule has 0 spiro atoms. The Labute approximate surface area is 135 Å². The normalized spacial score (nSPS) is 12.2. The standard InChI is InChI=1S/C15H24N6O2/c1-4-11(5-6-22)18-14-13(8-17-15(16)19-14)23-9-12-7-10(2)21(3)20-12/h7-8,11,22H,4-6,9H2,1-3H3,(H3,16,17,18,19)/t11-/m0/s1. The number of rotatable bonds is 8. The van der Waals surface area contributed by atoms with Crippen molar-refractivity contribution in [2.75, 3.05) is 17.7 Å². The van der Waals surface area contributed by atoms with E-state index in [-0.39, 0.29) is 18.6 Å². The molecular formula is C15H24N6O2. The number of nitrogens with two attached hydrogens (primary N) is 1. The highest BCUT2D eigenvalue weighted by atomic mass is 16.5. The molecule has 0 amide bonds. The molecule has 0 aromatic carbocycles. The number of ether oxygens (including phenoxy) is 1. The zero-order valence-corrected chi connectivity index (χ0v) is 13.8. The number of hydrogen-bond acceptors (Lipinski definition) is 7. The molecule has 0 aliphatic rings. The van der Waals surface area contributed by atoms with Crippen molar-refractivity contribution in [3.8, 4) is 5.75 Å². The van der Waals surface area contributed by atoms with Crippen molar-refractivity contribution in [3.63, 3.8) is 0 Å². The van der Waals surface area contributed by atoms with Crippen LogP contribution in [-0.2, 0) is 13.7 Å². The van der Waals surface area contributed by atoms with Gasteiger partial charge < -0.3 is 20.9 Å². The summed E-state index contributed by atoms with van der Waals surface area (Å²) >= 11 is 0. The summed E-state index contributed by atoms with van der Waals surface area (Å²) < 4.78 is 7.59. The van der Waals surface area contributed by atoms with Gasteiger partial charge in [-0.2, -0.15) is 10.1 Å². The van der Waals surface area contributed by atoms with E-state index < -0.39 is 0 Å². The van der Waals surface area contributed by atoms with Gasteiger partial charge in [0.15, 0.2) is 11.6 Å². The molecule has 2 rings (SSSR count). The highest BCUT2D eigenvalue weighted by Gasteiger charge is 2.13. The molecular weight excluding hydrogens is 296 g/mol. The third-order valence-electron chi connectivity index (χ3n) is 3.62. The van der Waals surface area contributed by atoms with Crippen LogP contribution in [0.1, 0.15) is 31.2 Å². The fourth-order valence-corrected chi connectivity index (χ4v) is 2.18. The molecule has 8 heteroatoms. The summed E-state index contributed by atoms with van der Waals surface area (Å²) in [5.41, 5.74) is 7.55. The van der Waals surface area contributed by atoms with Crippen LogP contribution in [0.3, 0.4) is 0 Å². The van der Waals surface area contributed by atoms with Crippen LogP contribution in [0.5, 0.6) is 5.75 Å². The van der Waals surface area contributed by atoms with Crippen molar-refractivity contribution < 1.29 is 9.84 Å². The van der Waals surface area contributed by atoms with Crippen LogP contribution >= 0.6 is 0 Å². The Balaban J connectivity index is 2.11. The minimum Gasteiger partial charge on any atom is -0.482 e. The third-order valence-corrected chi connectivity index (χ3v) is 3.62. The summed E-state index contributed by atoms with van der Waals surface area (Å²) in [7, 11) is 1.89. The molecule has 8 nitrogen and oxygen atoms in total. The lowest BCUT2D eigenvalue weighted by atomic mass is 10.1. The number of aliphatic hydroxyl groups excluding tert-OH is 1. The quantitative estimate of drug-likeness (QED) is 0.671. The van der Waals surface area contributed by atoms with Crippen molar-refractivity contribution in [1.29, 1.82) is 0 Å². The Kier molecular flexibility index (Phi) is 5.75. The number of aromatic nitrogens is 4. The van der Waals surface area contributed by atoms with Crippen LogP contribution in [-0.4, -0.2) is 37.5 Å². The summed E-state index contributed by atoms with van der Waals surface area (Å²) in [6.45, 7) is 4.45. The van der Waals surface area contributed by atoms with E-state index in [2.05, 4.69) is 20.4 Å². The minimum absolute atomic E-state index is 0.0914. The van der Waals surface area contributed by atoms with E-state index in [0.717, 1.165) is 17.8 Å². The Morgan fingerprint density at radius 2 is 2.26 bits per heavy atom. The van der Waals surface area contributed by atoms with Crippen molar-refractivity contribution in [3.05, 3.63) is 23.7 Å². The lowest BCUT2D eigenvalue weighted by Gasteiger charge is -2.18. The van der Waals surface area contributed by atoms with Gasteiger partial charge in [-0.3, -0.25) is 4.68 Å². The van der Waals surface area contributed by atoms with E-state index in [0.29, 0.717) is 24.6 Å². The van der Waals surface area contributed by atoms with Crippen LogP contribution in [0.15, 0.2) is 12.3 Å². The summed E-state index contributed by atoms with van der Waals surface area (Å²) in [5.74, 6) is 1.22. The maximum Gasteiger partial charge on any atom is 0.222 e. The molecule has 0 radical (unpaired) electrons. The van der Waals surface area contributed by atoms with Gasteiger partial charge in [-0.05, 0) is 25.8 Å². The fraction of sp³-hybridized carbons (Fsp3) is 0.533. The second kappa shape index (κ2) is 7.77. The number of nitrogens with one attached hydrogen (secondary N) is 1. The first kappa shape index (κ1) is 17.0. The second-order valence-electron chi connectivity index (χ2n) is 5.39. The number of aryl methyl sites for hydroxylation is 2. The molecule has 0 aliphatic carbocycles. The molecule has 0 saturated carbocycles. The van der Waals surface area contributed by atoms with Crippen molar-refractivity contribution in [2.45, 2.75) is 39.3 Å². The predicted octanol–water partition coefficient (Wildman–Crippen LogP) is 1.25. The molecule has 0 aliphatic heterocycles. The van der Waals surface area contributed by atoms with E-state index >= 15 is 0 Å². The van der Waals surface area contributed by atoms with Gasteiger partial charge in [-0.25, -0.2) is 4.98 Å². The molecule has 1 atom stereocenters. The van der Waals surface area contributed by atoms with Crippen molar-refractivity contribution in [1.82, 2.24) is 19.7 Å². The third kappa shape index (κ3) is 4.56. The van der Waals surface area contributed by atoms with E-state index in [4.69, 9.17) is 15.6 Å². The zero-order valence-electron chi connectivity index (χ0n) is 13.8. The van der Waals surface area contributed by atoms with Gasteiger partial charge in [-0.15, -0.1) is 0 Å². The smallest absolute Gasteiger partial charge is 0.222 e. The SMILES string of the molecule is CC[C@@H](CCO)Nc1nc(N)ncc1OCc1cc(C)n(C)n1. The minimum atomic E-state index is 0.0914. The monoisotopic (exact) mass is 320 g/mol. The fourth-order valence-electron chi connectivity index (χ4n) is 2.18.